The molecular formula is C10H9N3O3. The minimum absolute atomic E-state index is 0.149. The monoisotopic (exact) mass is 219 g/mol. The molecule has 1 aromatic heterocycles. The van der Waals surface area contributed by atoms with Crippen LogP contribution in [0.3, 0.4) is 0 Å². The summed E-state index contributed by atoms with van der Waals surface area (Å²) in [6.07, 6.45) is 0. The van der Waals surface area contributed by atoms with E-state index in [4.69, 9.17) is 4.74 Å². The first-order valence-corrected chi connectivity index (χ1v) is 4.69. The minimum Gasteiger partial charge on any atom is -0.462 e. The highest BCUT2D eigenvalue weighted by Crippen LogP contribution is 2.33. The van der Waals surface area contributed by atoms with Crippen molar-refractivity contribution in [2.24, 2.45) is 10.2 Å². The predicted molar refractivity (Wildman–Crippen MR) is 56.6 cm³/mol. The van der Waals surface area contributed by atoms with Gasteiger partial charge in [0, 0.05) is 6.07 Å². The third kappa shape index (κ3) is 1.54. The van der Waals surface area contributed by atoms with Crippen LogP contribution in [0.25, 0.3) is 5.70 Å². The van der Waals surface area contributed by atoms with Crippen LogP contribution in [0.4, 0.5) is 5.82 Å². The molecule has 0 fully saturated rings. The number of nitrogens with zero attached hydrogens (tertiary/aromatic N) is 2. The molecular weight excluding hydrogens is 210 g/mol. The Labute approximate surface area is 90.7 Å². The first kappa shape index (κ1) is 10.3. The molecule has 0 bridgehead atoms. The highest BCUT2D eigenvalue weighted by molar-refractivity contribution is 5.97. The average Bonchev–Trinajstić information content (AvgIpc) is 2.59. The van der Waals surface area contributed by atoms with Gasteiger partial charge in [0.25, 0.3) is 0 Å². The van der Waals surface area contributed by atoms with Crippen molar-refractivity contribution in [3.8, 4) is 0 Å². The zero-order valence-corrected chi connectivity index (χ0v) is 8.61. The van der Waals surface area contributed by atoms with Gasteiger partial charge < -0.3 is 9.72 Å². The van der Waals surface area contributed by atoms with Gasteiger partial charge in [-0.2, -0.15) is 0 Å². The molecule has 1 aliphatic rings. The Balaban J connectivity index is 2.59. The standard InChI is InChI=1S/C10H9N3O3/c1-3-16-10(15)6-4-7(14)11-9-8(6)5(2)12-13-9/h4H,2-3H2,1H3,(H,11,14). The molecule has 0 saturated carbocycles. The molecule has 0 saturated heterocycles. The summed E-state index contributed by atoms with van der Waals surface area (Å²) >= 11 is 0. The van der Waals surface area contributed by atoms with E-state index in [2.05, 4.69) is 21.8 Å². The Hall–Kier alpha value is -2.24. The number of carbonyl (C=O) groups excluding carboxylic acids is 1. The van der Waals surface area contributed by atoms with Gasteiger partial charge in [-0.1, -0.05) is 6.58 Å². The van der Waals surface area contributed by atoms with Gasteiger partial charge in [-0.15, -0.1) is 10.2 Å². The van der Waals surface area contributed by atoms with E-state index < -0.39 is 11.5 Å². The van der Waals surface area contributed by atoms with Crippen molar-refractivity contribution in [1.29, 1.82) is 0 Å². The lowest BCUT2D eigenvalue weighted by atomic mass is 10.1. The van der Waals surface area contributed by atoms with Crippen LogP contribution in [0.2, 0.25) is 0 Å². The molecule has 2 rings (SSSR count). The van der Waals surface area contributed by atoms with E-state index in [-0.39, 0.29) is 18.0 Å². The number of carbonyl (C=O) groups is 1. The minimum atomic E-state index is -0.571. The molecule has 0 aliphatic carbocycles. The summed E-state index contributed by atoms with van der Waals surface area (Å²) in [5, 5.41) is 7.41. The van der Waals surface area contributed by atoms with Crippen LogP contribution in [0.1, 0.15) is 22.8 Å². The summed E-state index contributed by atoms with van der Waals surface area (Å²) in [5.41, 5.74) is 0.499. The van der Waals surface area contributed by atoms with Crippen LogP contribution in [0.5, 0.6) is 0 Å². The molecule has 6 heteroatoms. The van der Waals surface area contributed by atoms with Gasteiger partial charge >= 0.3 is 5.97 Å². The second-order valence-electron chi connectivity index (χ2n) is 3.14. The van der Waals surface area contributed by atoms with Crippen molar-refractivity contribution in [3.63, 3.8) is 0 Å². The van der Waals surface area contributed by atoms with Crippen molar-refractivity contribution < 1.29 is 9.53 Å². The molecule has 82 valence electrons. The second kappa shape index (κ2) is 3.73. The lowest BCUT2D eigenvalue weighted by molar-refractivity contribution is 0.0526. The number of azo groups is 1. The van der Waals surface area contributed by atoms with Crippen LogP contribution in [0.15, 0.2) is 27.7 Å². The highest BCUT2D eigenvalue weighted by Gasteiger charge is 2.23. The van der Waals surface area contributed by atoms with Gasteiger partial charge in [0.1, 0.15) is 0 Å². The normalized spacial score (nSPS) is 12.7. The Morgan fingerprint density at radius 1 is 1.56 bits per heavy atom. The molecule has 2 heterocycles. The fourth-order valence-corrected chi connectivity index (χ4v) is 1.44. The maximum Gasteiger partial charge on any atom is 0.339 e. The van der Waals surface area contributed by atoms with Crippen LogP contribution in [-0.4, -0.2) is 17.6 Å². The quantitative estimate of drug-likeness (QED) is 0.767. The van der Waals surface area contributed by atoms with Gasteiger partial charge in [-0.25, -0.2) is 4.79 Å². The van der Waals surface area contributed by atoms with Crippen molar-refractivity contribution in [1.82, 2.24) is 4.98 Å². The number of H-pyrrole nitrogens is 1. The van der Waals surface area contributed by atoms with Crippen LogP contribution >= 0.6 is 0 Å². The van der Waals surface area contributed by atoms with Crippen LogP contribution in [0, 0.1) is 0 Å². The van der Waals surface area contributed by atoms with E-state index in [1.165, 1.54) is 6.07 Å². The maximum absolute atomic E-state index is 11.6. The Bertz CT molecular complexity index is 557. The molecule has 1 aromatic rings. The Kier molecular flexibility index (Phi) is 2.40. The SMILES string of the molecule is C=C1N=Nc2[nH]c(=O)cc(C(=O)OCC)c21. The second-order valence-corrected chi connectivity index (χ2v) is 3.14. The summed E-state index contributed by atoms with van der Waals surface area (Å²) in [7, 11) is 0. The summed E-state index contributed by atoms with van der Waals surface area (Å²) in [5.74, 6) is -0.321. The van der Waals surface area contributed by atoms with E-state index in [1.54, 1.807) is 6.92 Å². The number of fused-ring (bicyclic) bond motifs is 1. The number of pyridine rings is 1. The fourth-order valence-electron chi connectivity index (χ4n) is 1.44. The van der Waals surface area contributed by atoms with E-state index in [1.807, 2.05) is 0 Å². The third-order valence-corrected chi connectivity index (χ3v) is 2.08. The summed E-state index contributed by atoms with van der Waals surface area (Å²) in [6.45, 7) is 5.56. The molecule has 0 atom stereocenters. The number of aromatic nitrogens is 1. The summed E-state index contributed by atoms with van der Waals surface area (Å²) in [4.78, 5) is 25.3. The van der Waals surface area contributed by atoms with Crippen LogP contribution < -0.4 is 5.56 Å². The predicted octanol–water partition coefficient (Wildman–Crippen LogP) is 1.62. The van der Waals surface area contributed by atoms with E-state index in [0.29, 0.717) is 11.3 Å². The highest BCUT2D eigenvalue weighted by atomic mass is 16.5. The molecule has 0 radical (unpaired) electrons. The molecule has 16 heavy (non-hydrogen) atoms. The fraction of sp³-hybridized carbons (Fsp3) is 0.200. The number of hydrogen-bond acceptors (Lipinski definition) is 5. The van der Waals surface area contributed by atoms with E-state index in [0.717, 1.165) is 0 Å². The smallest absolute Gasteiger partial charge is 0.339 e. The summed E-state index contributed by atoms with van der Waals surface area (Å²) < 4.78 is 4.84. The Morgan fingerprint density at radius 3 is 3.00 bits per heavy atom. The molecule has 0 amide bonds. The Morgan fingerprint density at radius 2 is 2.31 bits per heavy atom. The van der Waals surface area contributed by atoms with Crippen molar-refractivity contribution in [3.05, 3.63) is 34.1 Å². The third-order valence-electron chi connectivity index (χ3n) is 2.08. The van der Waals surface area contributed by atoms with Gasteiger partial charge in [0.15, 0.2) is 5.82 Å². The zero-order chi connectivity index (χ0) is 11.7. The zero-order valence-electron chi connectivity index (χ0n) is 8.61. The van der Waals surface area contributed by atoms with Crippen molar-refractivity contribution in [2.45, 2.75) is 6.92 Å². The topological polar surface area (TPSA) is 83.9 Å². The van der Waals surface area contributed by atoms with Gasteiger partial charge in [-0.05, 0) is 6.92 Å². The van der Waals surface area contributed by atoms with Gasteiger partial charge in [-0.3, -0.25) is 4.79 Å². The van der Waals surface area contributed by atoms with Crippen molar-refractivity contribution in [2.75, 3.05) is 6.61 Å². The molecule has 0 aromatic carbocycles. The van der Waals surface area contributed by atoms with Crippen molar-refractivity contribution >= 4 is 17.5 Å². The maximum atomic E-state index is 11.6. The molecule has 1 N–H and O–H groups in total. The molecule has 0 unspecified atom stereocenters. The molecule has 6 nitrogen and oxygen atoms in total. The van der Waals surface area contributed by atoms with E-state index >= 15 is 0 Å². The number of ether oxygens (including phenoxy) is 1. The van der Waals surface area contributed by atoms with E-state index in [9.17, 15) is 9.59 Å². The van der Waals surface area contributed by atoms with Gasteiger partial charge in [0.05, 0.1) is 23.4 Å². The lowest BCUT2D eigenvalue weighted by Crippen LogP contribution is -2.14. The first-order valence-electron chi connectivity index (χ1n) is 4.69. The average molecular weight is 219 g/mol. The number of aromatic amines is 1. The summed E-state index contributed by atoms with van der Waals surface area (Å²) in [6, 6.07) is 1.17. The largest absolute Gasteiger partial charge is 0.462 e. The first-order chi connectivity index (χ1) is 7.63. The lowest BCUT2D eigenvalue weighted by Gasteiger charge is -2.05. The van der Waals surface area contributed by atoms with Crippen LogP contribution in [-0.2, 0) is 4.74 Å². The molecule has 1 aliphatic heterocycles. The van der Waals surface area contributed by atoms with Gasteiger partial charge in [0.2, 0.25) is 5.56 Å². The number of esters is 1. The number of rotatable bonds is 2. The molecule has 0 spiro atoms. The number of nitrogens with one attached hydrogen (secondary N) is 1. The number of hydrogen-bond donors (Lipinski definition) is 1.